The number of aromatic nitrogens is 1. The number of hydrogen-bond donors (Lipinski definition) is 0. The average Bonchev–Trinajstić information content (AvgIpc) is 2.75. The Hall–Kier alpha value is -0.570. The summed E-state index contributed by atoms with van der Waals surface area (Å²) in [5.74, 6) is 1.10. The average molecular weight is 283 g/mol. The second kappa shape index (κ2) is 4.74. The van der Waals surface area contributed by atoms with Crippen molar-refractivity contribution in [3.63, 3.8) is 0 Å². The summed E-state index contributed by atoms with van der Waals surface area (Å²) in [5.41, 5.74) is 0.511. The minimum absolute atomic E-state index is 0.511. The molecular weight excluding hydrogens is 264 g/mol. The smallest absolute Gasteiger partial charge is 0.142 e. The van der Waals surface area contributed by atoms with E-state index in [1.807, 2.05) is 12.3 Å². The Bertz CT molecular complexity index is 361. The van der Waals surface area contributed by atoms with Crippen molar-refractivity contribution in [3.05, 3.63) is 22.8 Å². The van der Waals surface area contributed by atoms with E-state index < -0.39 is 0 Å². The van der Waals surface area contributed by atoms with Crippen LogP contribution in [0.2, 0.25) is 0 Å². The lowest BCUT2D eigenvalue weighted by Crippen LogP contribution is -2.26. The van der Waals surface area contributed by atoms with Crippen molar-refractivity contribution < 1.29 is 0 Å². The quantitative estimate of drug-likeness (QED) is 0.837. The highest BCUT2D eigenvalue weighted by Crippen LogP contribution is 2.39. The fourth-order valence-electron chi connectivity index (χ4n) is 2.55. The van der Waals surface area contributed by atoms with Gasteiger partial charge in [0.1, 0.15) is 5.82 Å². The van der Waals surface area contributed by atoms with Gasteiger partial charge in [0.15, 0.2) is 0 Å². The Kier molecular flexibility index (Phi) is 3.53. The maximum atomic E-state index is 4.47. The molecule has 0 N–H and O–H groups in total. The molecule has 0 bridgehead atoms. The van der Waals surface area contributed by atoms with Crippen LogP contribution in [0, 0.1) is 5.41 Å². The molecule has 0 spiro atoms. The molecule has 3 heteroatoms. The minimum atomic E-state index is 0.511. The first kappa shape index (κ1) is 11.9. The molecule has 1 aliphatic heterocycles. The fourth-order valence-corrected chi connectivity index (χ4v) is 3.06. The van der Waals surface area contributed by atoms with Crippen LogP contribution < -0.4 is 4.90 Å². The van der Waals surface area contributed by atoms with E-state index >= 15 is 0 Å². The molecule has 1 aromatic rings. The molecule has 16 heavy (non-hydrogen) atoms. The van der Waals surface area contributed by atoms with Crippen LogP contribution in [0.25, 0.3) is 0 Å². The fraction of sp³-hybridized carbons (Fsp3) is 0.615. The maximum Gasteiger partial charge on any atom is 0.142 e. The Balaban J connectivity index is 2.18. The minimum Gasteiger partial charge on any atom is -0.355 e. The zero-order chi connectivity index (χ0) is 11.6. The van der Waals surface area contributed by atoms with Crippen molar-refractivity contribution >= 4 is 21.7 Å². The van der Waals surface area contributed by atoms with Gasteiger partial charge in [0.05, 0.1) is 4.47 Å². The second-order valence-corrected chi connectivity index (χ2v) is 5.54. The Morgan fingerprint density at radius 2 is 2.19 bits per heavy atom. The first-order chi connectivity index (χ1) is 7.71. The molecule has 2 rings (SSSR count). The standard InChI is InChI=1S/C13H19BrN2/c1-3-13(4-2)7-9-16(10-13)12-11(14)6-5-8-15-12/h5-6,8H,3-4,7,9-10H2,1-2H3. The number of halogens is 1. The van der Waals surface area contributed by atoms with Gasteiger partial charge in [-0.2, -0.15) is 0 Å². The molecule has 1 saturated heterocycles. The first-order valence-corrected chi connectivity index (χ1v) is 6.85. The van der Waals surface area contributed by atoms with Gasteiger partial charge in [0, 0.05) is 19.3 Å². The van der Waals surface area contributed by atoms with Crippen molar-refractivity contribution in [2.75, 3.05) is 18.0 Å². The van der Waals surface area contributed by atoms with Crippen molar-refractivity contribution in [3.8, 4) is 0 Å². The molecular formula is C13H19BrN2. The topological polar surface area (TPSA) is 16.1 Å². The zero-order valence-electron chi connectivity index (χ0n) is 10.0. The largest absolute Gasteiger partial charge is 0.355 e. The van der Waals surface area contributed by atoms with Crippen LogP contribution in [-0.4, -0.2) is 18.1 Å². The van der Waals surface area contributed by atoms with Gasteiger partial charge in [-0.05, 0) is 52.7 Å². The first-order valence-electron chi connectivity index (χ1n) is 6.06. The third kappa shape index (κ3) is 2.10. The lowest BCUT2D eigenvalue weighted by molar-refractivity contribution is 0.301. The number of pyridine rings is 1. The maximum absolute atomic E-state index is 4.47. The van der Waals surface area contributed by atoms with Crippen LogP contribution in [-0.2, 0) is 0 Å². The summed E-state index contributed by atoms with van der Waals surface area (Å²) in [7, 11) is 0. The molecule has 0 amide bonds. The lowest BCUT2D eigenvalue weighted by Gasteiger charge is -2.27. The summed E-state index contributed by atoms with van der Waals surface area (Å²) in [5, 5.41) is 0. The van der Waals surface area contributed by atoms with Gasteiger partial charge < -0.3 is 4.90 Å². The van der Waals surface area contributed by atoms with E-state index in [-0.39, 0.29) is 0 Å². The molecule has 0 radical (unpaired) electrons. The molecule has 0 unspecified atom stereocenters. The highest BCUT2D eigenvalue weighted by atomic mass is 79.9. The van der Waals surface area contributed by atoms with Crippen molar-refractivity contribution in [1.29, 1.82) is 0 Å². The van der Waals surface area contributed by atoms with Crippen molar-refractivity contribution in [2.24, 2.45) is 5.41 Å². The number of rotatable bonds is 3. The van der Waals surface area contributed by atoms with Gasteiger partial charge in [-0.15, -0.1) is 0 Å². The van der Waals surface area contributed by atoms with Crippen LogP contribution in [0.1, 0.15) is 33.1 Å². The number of anilines is 1. The van der Waals surface area contributed by atoms with Gasteiger partial charge in [0.2, 0.25) is 0 Å². The van der Waals surface area contributed by atoms with Crippen LogP contribution in [0.4, 0.5) is 5.82 Å². The van der Waals surface area contributed by atoms with E-state index in [9.17, 15) is 0 Å². The summed E-state index contributed by atoms with van der Waals surface area (Å²) in [6.07, 6.45) is 5.70. The molecule has 0 atom stereocenters. The van der Waals surface area contributed by atoms with E-state index in [4.69, 9.17) is 0 Å². The molecule has 1 fully saturated rings. The predicted molar refractivity (Wildman–Crippen MR) is 71.8 cm³/mol. The molecule has 0 saturated carbocycles. The Morgan fingerprint density at radius 1 is 1.44 bits per heavy atom. The monoisotopic (exact) mass is 282 g/mol. The van der Waals surface area contributed by atoms with Gasteiger partial charge in [-0.25, -0.2) is 4.98 Å². The zero-order valence-corrected chi connectivity index (χ0v) is 11.6. The van der Waals surface area contributed by atoms with Crippen molar-refractivity contribution in [2.45, 2.75) is 33.1 Å². The lowest BCUT2D eigenvalue weighted by atomic mass is 9.82. The SMILES string of the molecule is CCC1(CC)CCN(c2ncccc2Br)C1. The predicted octanol–water partition coefficient (Wildman–Crippen LogP) is 3.86. The molecule has 1 aliphatic rings. The highest BCUT2D eigenvalue weighted by Gasteiger charge is 2.35. The summed E-state index contributed by atoms with van der Waals surface area (Å²) >= 11 is 3.58. The van der Waals surface area contributed by atoms with Crippen LogP contribution in [0.3, 0.4) is 0 Å². The van der Waals surface area contributed by atoms with Gasteiger partial charge >= 0.3 is 0 Å². The van der Waals surface area contributed by atoms with Crippen LogP contribution >= 0.6 is 15.9 Å². The summed E-state index contributed by atoms with van der Waals surface area (Å²) in [6, 6.07) is 4.04. The van der Waals surface area contributed by atoms with E-state index in [1.54, 1.807) is 0 Å². The third-order valence-electron chi connectivity index (χ3n) is 3.98. The molecule has 1 aromatic heterocycles. The van der Waals surface area contributed by atoms with Crippen LogP contribution in [0.5, 0.6) is 0 Å². The number of hydrogen-bond acceptors (Lipinski definition) is 2. The number of nitrogens with zero attached hydrogens (tertiary/aromatic N) is 2. The normalized spacial score (nSPS) is 19.1. The van der Waals surface area contributed by atoms with E-state index in [0.29, 0.717) is 5.41 Å². The summed E-state index contributed by atoms with van der Waals surface area (Å²) in [6.45, 7) is 6.90. The molecule has 88 valence electrons. The molecule has 0 aliphatic carbocycles. The van der Waals surface area contributed by atoms with Gasteiger partial charge in [-0.1, -0.05) is 13.8 Å². The molecule has 2 heterocycles. The Morgan fingerprint density at radius 3 is 2.75 bits per heavy atom. The summed E-state index contributed by atoms with van der Waals surface area (Å²) in [4.78, 5) is 6.89. The van der Waals surface area contributed by atoms with E-state index in [0.717, 1.165) is 23.4 Å². The van der Waals surface area contributed by atoms with Crippen LogP contribution in [0.15, 0.2) is 22.8 Å². The van der Waals surface area contributed by atoms with Gasteiger partial charge in [-0.3, -0.25) is 0 Å². The molecule has 2 nitrogen and oxygen atoms in total. The Labute approximate surface area is 106 Å². The van der Waals surface area contributed by atoms with E-state index in [2.05, 4.69) is 45.7 Å². The van der Waals surface area contributed by atoms with Gasteiger partial charge in [0.25, 0.3) is 0 Å². The third-order valence-corrected chi connectivity index (χ3v) is 4.60. The van der Waals surface area contributed by atoms with Crippen molar-refractivity contribution in [1.82, 2.24) is 4.98 Å². The van der Waals surface area contributed by atoms with E-state index in [1.165, 1.54) is 19.3 Å². The second-order valence-electron chi connectivity index (χ2n) is 4.69. The summed E-state index contributed by atoms with van der Waals surface area (Å²) < 4.78 is 1.11. The highest BCUT2D eigenvalue weighted by molar-refractivity contribution is 9.10. The molecule has 0 aromatic carbocycles.